The Morgan fingerprint density at radius 1 is 1.04 bits per heavy atom. The van der Waals surface area contributed by atoms with Crippen molar-refractivity contribution in [2.75, 3.05) is 18.4 Å². The number of amides is 2. The van der Waals surface area contributed by atoms with Crippen molar-refractivity contribution in [3.63, 3.8) is 0 Å². The minimum absolute atomic E-state index is 0.241. The lowest BCUT2D eigenvalue weighted by molar-refractivity contribution is -0.145. The molecular weight excluding hydrogens is 328 g/mol. The Morgan fingerprint density at radius 2 is 1.73 bits per heavy atom. The Kier molecular flexibility index (Phi) is 4.61. The van der Waals surface area contributed by atoms with E-state index >= 15 is 0 Å². The molecule has 134 valence electrons. The smallest absolute Gasteiger partial charge is 0.275 e. The van der Waals surface area contributed by atoms with E-state index in [2.05, 4.69) is 29.6 Å². The van der Waals surface area contributed by atoms with Crippen LogP contribution in [-0.2, 0) is 16.0 Å². The number of anilines is 1. The average molecular weight is 350 g/mol. The Bertz CT molecular complexity index is 798. The molecule has 1 fully saturated rings. The average Bonchev–Trinajstić information content (AvgIpc) is 2.68. The van der Waals surface area contributed by atoms with Gasteiger partial charge in [0.05, 0.1) is 5.69 Å². The number of nitrogens with zero attached hydrogens (tertiary/aromatic N) is 1. The van der Waals surface area contributed by atoms with Gasteiger partial charge in [-0.25, -0.2) is 0 Å². The van der Waals surface area contributed by atoms with Crippen LogP contribution >= 0.6 is 0 Å². The van der Waals surface area contributed by atoms with E-state index in [1.165, 1.54) is 5.56 Å². The number of carbonyl (C=O) groups is 2. The summed E-state index contributed by atoms with van der Waals surface area (Å²) in [6, 6.07) is 17.6. The third-order valence-electron chi connectivity index (χ3n) is 5.15. The van der Waals surface area contributed by atoms with Gasteiger partial charge in [0.1, 0.15) is 5.75 Å². The number of carbonyl (C=O) groups excluding carboxylic acids is 2. The predicted molar refractivity (Wildman–Crippen MR) is 98.9 cm³/mol. The molecule has 1 N–H and O–H groups in total. The van der Waals surface area contributed by atoms with Crippen LogP contribution in [0.2, 0.25) is 0 Å². The molecule has 0 aromatic heterocycles. The zero-order chi connectivity index (χ0) is 17.9. The van der Waals surface area contributed by atoms with Gasteiger partial charge in [0, 0.05) is 13.1 Å². The van der Waals surface area contributed by atoms with E-state index in [-0.39, 0.29) is 11.8 Å². The van der Waals surface area contributed by atoms with Gasteiger partial charge in [-0.05, 0) is 42.9 Å². The summed E-state index contributed by atoms with van der Waals surface area (Å²) in [6.07, 6.45) is 1.85. The second-order valence-electron chi connectivity index (χ2n) is 6.94. The number of hydrogen-bond acceptors (Lipinski definition) is 3. The molecule has 5 nitrogen and oxygen atoms in total. The molecule has 0 aliphatic carbocycles. The zero-order valence-corrected chi connectivity index (χ0v) is 14.6. The topological polar surface area (TPSA) is 58.6 Å². The maximum absolute atomic E-state index is 12.8. The molecule has 2 heterocycles. The summed E-state index contributed by atoms with van der Waals surface area (Å²) in [6.45, 7) is 1.34. The lowest BCUT2D eigenvalue weighted by Crippen LogP contribution is -2.52. The Hall–Kier alpha value is -2.82. The number of nitrogens with one attached hydrogen (secondary N) is 1. The number of likely N-dealkylation sites (tertiary alicyclic amines) is 1. The summed E-state index contributed by atoms with van der Waals surface area (Å²) in [5.74, 6) is 0.489. The van der Waals surface area contributed by atoms with Crippen molar-refractivity contribution >= 4 is 17.5 Å². The van der Waals surface area contributed by atoms with Gasteiger partial charge in [-0.15, -0.1) is 0 Å². The first-order valence-corrected chi connectivity index (χ1v) is 9.10. The fourth-order valence-corrected chi connectivity index (χ4v) is 3.68. The molecule has 2 aromatic carbocycles. The van der Waals surface area contributed by atoms with Gasteiger partial charge in [-0.2, -0.15) is 0 Å². The quantitative estimate of drug-likeness (QED) is 0.866. The van der Waals surface area contributed by atoms with E-state index < -0.39 is 6.10 Å². The second-order valence-corrected chi connectivity index (χ2v) is 6.94. The van der Waals surface area contributed by atoms with Crippen molar-refractivity contribution in [2.45, 2.75) is 25.4 Å². The van der Waals surface area contributed by atoms with Crippen molar-refractivity contribution in [3.05, 3.63) is 60.2 Å². The molecule has 2 aliphatic heterocycles. The van der Waals surface area contributed by atoms with Crippen molar-refractivity contribution in [2.24, 2.45) is 5.92 Å². The molecule has 1 unspecified atom stereocenters. The Morgan fingerprint density at radius 3 is 2.50 bits per heavy atom. The first-order valence-electron chi connectivity index (χ1n) is 9.10. The van der Waals surface area contributed by atoms with Crippen LogP contribution in [0.4, 0.5) is 5.69 Å². The van der Waals surface area contributed by atoms with Crippen molar-refractivity contribution in [3.8, 4) is 5.75 Å². The van der Waals surface area contributed by atoms with Gasteiger partial charge in [0.25, 0.3) is 17.9 Å². The summed E-state index contributed by atoms with van der Waals surface area (Å²) in [4.78, 5) is 26.8. The van der Waals surface area contributed by atoms with E-state index in [0.29, 0.717) is 30.4 Å². The molecule has 0 bridgehead atoms. The summed E-state index contributed by atoms with van der Waals surface area (Å²) in [5, 5.41) is 2.76. The van der Waals surface area contributed by atoms with Gasteiger partial charge < -0.3 is 15.0 Å². The summed E-state index contributed by atoms with van der Waals surface area (Å²) in [7, 11) is 0. The molecular formula is C21H22N2O3. The van der Waals surface area contributed by atoms with Crippen LogP contribution in [0.25, 0.3) is 0 Å². The van der Waals surface area contributed by atoms with E-state index in [1.807, 2.05) is 18.2 Å². The molecule has 2 aromatic rings. The van der Waals surface area contributed by atoms with Crippen molar-refractivity contribution in [1.82, 2.24) is 4.90 Å². The van der Waals surface area contributed by atoms with Crippen LogP contribution in [0.15, 0.2) is 54.6 Å². The van der Waals surface area contributed by atoms with Gasteiger partial charge in [0.2, 0.25) is 0 Å². The number of fused-ring (bicyclic) bond motifs is 1. The first-order chi connectivity index (χ1) is 12.7. The highest BCUT2D eigenvalue weighted by atomic mass is 16.5. The van der Waals surface area contributed by atoms with Crippen molar-refractivity contribution < 1.29 is 14.3 Å². The lowest BCUT2D eigenvalue weighted by Gasteiger charge is -2.35. The molecule has 5 heteroatoms. The van der Waals surface area contributed by atoms with Crippen LogP contribution < -0.4 is 10.1 Å². The lowest BCUT2D eigenvalue weighted by atomic mass is 9.90. The van der Waals surface area contributed by atoms with Gasteiger partial charge >= 0.3 is 0 Å². The molecule has 2 aliphatic rings. The van der Waals surface area contributed by atoms with Crippen LogP contribution in [-0.4, -0.2) is 35.9 Å². The van der Waals surface area contributed by atoms with Gasteiger partial charge in [-0.3, -0.25) is 9.59 Å². The number of benzene rings is 2. The predicted octanol–water partition coefficient (Wildman–Crippen LogP) is 2.87. The summed E-state index contributed by atoms with van der Waals surface area (Å²) in [5.41, 5.74) is 1.95. The molecule has 2 amide bonds. The number of ether oxygens (including phenoxy) is 1. The zero-order valence-electron chi connectivity index (χ0n) is 14.6. The van der Waals surface area contributed by atoms with Gasteiger partial charge in [-0.1, -0.05) is 42.5 Å². The third-order valence-corrected chi connectivity index (χ3v) is 5.15. The molecule has 1 atom stereocenters. The fraction of sp³-hybridized carbons (Fsp3) is 0.333. The van der Waals surface area contributed by atoms with Crippen LogP contribution in [0, 0.1) is 5.92 Å². The molecule has 1 saturated heterocycles. The Labute approximate surface area is 153 Å². The van der Waals surface area contributed by atoms with E-state index in [1.54, 1.807) is 17.0 Å². The van der Waals surface area contributed by atoms with Crippen LogP contribution in [0.3, 0.4) is 0 Å². The normalized spacial score (nSPS) is 20.1. The summed E-state index contributed by atoms with van der Waals surface area (Å²) < 4.78 is 5.68. The van der Waals surface area contributed by atoms with E-state index in [4.69, 9.17) is 4.74 Å². The minimum Gasteiger partial charge on any atom is -0.468 e. The molecule has 4 rings (SSSR count). The molecule has 0 radical (unpaired) electrons. The van der Waals surface area contributed by atoms with Gasteiger partial charge in [0.15, 0.2) is 0 Å². The van der Waals surface area contributed by atoms with E-state index in [0.717, 1.165) is 19.3 Å². The third kappa shape index (κ3) is 3.43. The minimum atomic E-state index is -1.09. The first kappa shape index (κ1) is 16.6. The fourth-order valence-electron chi connectivity index (χ4n) is 3.68. The Balaban J connectivity index is 1.36. The maximum atomic E-state index is 12.8. The SMILES string of the molecule is O=C1Nc2ccccc2OC1C(=O)N1CCC(Cc2ccccc2)CC1. The standard InChI is InChI=1S/C21H22N2O3/c24-20-19(26-18-9-5-4-8-17(18)22-20)21(25)23-12-10-16(11-13-23)14-15-6-2-1-3-7-15/h1-9,16,19H,10-14H2,(H,22,24). The number of rotatable bonds is 3. The van der Waals surface area contributed by atoms with Crippen molar-refractivity contribution in [1.29, 1.82) is 0 Å². The largest absolute Gasteiger partial charge is 0.468 e. The number of hydrogen-bond donors (Lipinski definition) is 1. The highest BCUT2D eigenvalue weighted by Gasteiger charge is 2.37. The molecule has 0 spiro atoms. The van der Waals surface area contributed by atoms with Crippen LogP contribution in [0.1, 0.15) is 18.4 Å². The monoisotopic (exact) mass is 350 g/mol. The summed E-state index contributed by atoms with van der Waals surface area (Å²) >= 11 is 0. The maximum Gasteiger partial charge on any atom is 0.275 e. The number of piperidine rings is 1. The van der Waals surface area contributed by atoms with Crippen LogP contribution in [0.5, 0.6) is 5.75 Å². The highest BCUT2D eigenvalue weighted by molar-refractivity contribution is 6.11. The van der Waals surface area contributed by atoms with E-state index in [9.17, 15) is 9.59 Å². The molecule has 26 heavy (non-hydrogen) atoms. The highest BCUT2D eigenvalue weighted by Crippen LogP contribution is 2.30. The number of para-hydroxylation sites is 2. The molecule has 0 saturated carbocycles. The second kappa shape index (κ2) is 7.20.